The van der Waals surface area contributed by atoms with Gasteiger partial charge in [-0.25, -0.2) is 19.9 Å². The van der Waals surface area contributed by atoms with Crippen LogP contribution in [0.3, 0.4) is 0 Å². The molecule has 1 aromatic carbocycles. The van der Waals surface area contributed by atoms with Gasteiger partial charge in [-0.3, -0.25) is 0 Å². The Hall–Kier alpha value is -2.53. The van der Waals surface area contributed by atoms with E-state index < -0.39 is 0 Å². The fourth-order valence-electron chi connectivity index (χ4n) is 2.56. The minimum Gasteiger partial charge on any atom is -0.424 e. The van der Waals surface area contributed by atoms with Crippen molar-refractivity contribution in [3.63, 3.8) is 0 Å². The summed E-state index contributed by atoms with van der Waals surface area (Å²) in [5.41, 5.74) is 3.00. The third-order valence-corrected chi connectivity index (χ3v) is 4.24. The van der Waals surface area contributed by atoms with E-state index in [2.05, 4.69) is 32.1 Å². The molecule has 5 nitrogen and oxygen atoms in total. The minimum atomic E-state index is 0.347. The average molecular weight is 355 g/mol. The standard InChI is InChI=1S/C19H19ClN4O/c1-13-18(20)17(24-14(2)23-13)6-3-5-15-7-9-16(10-8-15)25-19-21-11-4-12-22-19/h4,7-12H,3,5-6H2,1-2H3. The number of hydrogen-bond acceptors (Lipinski definition) is 5. The van der Waals surface area contributed by atoms with Gasteiger partial charge in [0.25, 0.3) is 0 Å². The molecule has 0 spiro atoms. The monoisotopic (exact) mass is 354 g/mol. The lowest BCUT2D eigenvalue weighted by molar-refractivity contribution is 0.441. The summed E-state index contributed by atoms with van der Waals surface area (Å²) in [7, 11) is 0. The van der Waals surface area contributed by atoms with Gasteiger partial charge < -0.3 is 4.74 Å². The normalized spacial score (nSPS) is 10.7. The highest BCUT2D eigenvalue weighted by Gasteiger charge is 2.08. The van der Waals surface area contributed by atoms with Crippen molar-refractivity contribution < 1.29 is 4.74 Å². The number of hydrogen-bond donors (Lipinski definition) is 0. The summed E-state index contributed by atoms with van der Waals surface area (Å²) in [5, 5.41) is 0.678. The number of rotatable bonds is 6. The number of aromatic nitrogens is 4. The van der Waals surface area contributed by atoms with Gasteiger partial charge in [0.15, 0.2) is 0 Å². The van der Waals surface area contributed by atoms with Gasteiger partial charge in [0, 0.05) is 12.4 Å². The highest BCUT2D eigenvalue weighted by molar-refractivity contribution is 6.31. The molecule has 0 amide bonds. The summed E-state index contributed by atoms with van der Waals surface area (Å²) in [6.07, 6.45) is 6.05. The Morgan fingerprint density at radius 1 is 0.960 bits per heavy atom. The molecule has 128 valence electrons. The lowest BCUT2D eigenvalue weighted by Gasteiger charge is -2.08. The third-order valence-electron chi connectivity index (χ3n) is 3.75. The highest BCUT2D eigenvalue weighted by atomic mass is 35.5. The number of nitrogens with zero attached hydrogens (tertiary/aromatic N) is 4. The summed E-state index contributed by atoms with van der Waals surface area (Å²) >= 11 is 6.29. The topological polar surface area (TPSA) is 60.8 Å². The molecule has 2 heterocycles. The molecule has 0 saturated heterocycles. The molecule has 3 aromatic rings. The molecule has 6 heteroatoms. The molecule has 0 saturated carbocycles. The van der Waals surface area contributed by atoms with E-state index in [9.17, 15) is 0 Å². The first-order chi connectivity index (χ1) is 12.1. The first-order valence-corrected chi connectivity index (χ1v) is 8.53. The van der Waals surface area contributed by atoms with E-state index in [-0.39, 0.29) is 0 Å². The van der Waals surface area contributed by atoms with Gasteiger partial charge in [-0.2, -0.15) is 0 Å². The maximum Gasteiger partial charge on any atom is 0.321 e. The number of benzene rings is 1. The van der Waals surface area contributed by atoms with Crippen LogP contribution < -0.4 is 4.74 Å². The van der Waals surface area contributed by atoms with Gasteiger partial charge in [-0.1, -0.05) is 23.7 Å². The van der Waals surface area contributed by atoms with Gasteiger partial charge in [0.05, 0.1) is 16.4 Å². The van der Waals surface area contributed by atoms with Crippen molar-refractivity contribution in [2.45, 2.75) is 33.1 Å². The molecular weight excluding hydrogens is 336 g/mol. The van der Waals surface area contributed by atoms with Crippen LogP contribution in [0.1, 0.15) is 29.2 Å². The molecule has 0 N–H and O–H groups in total. The van der Waals surface area contributed by atoms with Gasteiger partial charge >= 0.3 is 6.01 Å². The van der Waals surface area contributed by atoms with E-state index in [0.717, 1.165) is 42.2 Å². The maximum absolute atomic E-state index is 6.29. The molecule has 25 heavy (non-hydrogen) atoms. The van der Waals surface area contributed by atoms with Gasteiger partial charge in [0.1, 0.15) is 11.6 Å². The van der Waals surface area contributed by atoms with Crippen LogP contribution in [0, 0.1) is 13.8 Å². The zero-order valence-electron chi connectivity index (χ0n) is 14.2. The molecule has 3 rings (SSSR count). The molecule has 0 atom stereocenters. The van der Waals surface area contributed by atoms with Crippen molar-refractivity contribution in [3.8, 4) is 11.8 Å². The average Bonchev–Trinajstić information content (AvgIpc) is 2.61. The van der Waals surface area contributed by atoms with Crippen LogP contribution >= 0.6 is 11.6 Å². The second-order valence-corrected chi connectivity index (χ2v) is 6.13. The van der Waals surface area contributed by atoms with Crippen molar-refractivity contribution in [2.24, 2.45) is 0 Å². The minimum absolute atomic E-state index is 0.347. The molecule has 0 aliphatic rings. The van der Waals surface area contributed by atoms with Crippen LogP contribution in [0.25, 0.3) is 0 Å². The van der Waals surface area contributed by atoms with E-state index in [1.165, 1.54) is 5.56 Å². The smallest absolute Gasteiger partial charge is 0.321 e. The molecule has 0 radical (unpaired) electrons. The molecule has 2 aromatic heterocycles. The molecule has 0 bridgehead atoms. The molecule has 0 unspecified atom stereocenters. The predicted octanol–water partition coefficient (Wildman–Crippen LogP) is 4.50. The second-order valence-electron chi connectivity index (χ2n) is 5.75. The van der Waals surface area contributed by atoms with E-state index >= 15 is 0 Å². The Morgan fingerprint density at radius 2 is 1.68 bits per heavy atom. The van der Waals surface area contributed by atoms with E-state index in [4.69, 9.17) is 16.3 Å². The SMILES string of the molecule is Cc1nc(C)c(Cl)c(CCCc2ccc(Oc3ncccn3)cc2)n1. The van der Waals surface area contributed by atoms with Crippen LogP contribution in [-0.2, 0) is 12.8 Å². The van der Waals surface area contributed by atoms with Gasteiger partial charge in [0.2, 0.25) is 0 Å². The summed E-state index contributed by atoms with van der Waals surface area (Å²) < 4.78 is 5.59. The molecular formula is C19H19ClN4O. The Kier molecular flexibility index (Phi) is 5.56. The Morgan fingerprint density at radius 3 is 2.40 bits per heavy atom. The van der Waals surface area contributed by atoms with Crippen molar-refractivity contribution in [1.29, 1.82) is 0 Å². The van der Waals surface area contributed by atoms with E-state index in [1.54, 1.807) is 18.5 Å². The van der Waals surface area contributed by atoms with Crippen LogP contribution in [0.5, 0.6) is 11.8 Å². The van der Waals surface area contributed by atoms with Crippen LogP contribution in [0.2, 0.25) is 5.02 Å². The molecule has 0 fully saturated rings. The second kappa shape index (κ2) is 8.03. The number of ether oxygens (including phenoxy) is 1. The number of aryl methyl sites for hydroxylation is 4. The fourth-order valence-corrected chi connectivity index (χ4v) is 2.74. The van der Waals surface area contributed by atoms with E-state index in [1.807, 2.05) is 26.0 Å². The Balaban J connectivity index is 1.56. The van der Waals surface area contributed by atoms with Gasteiger partial charge in [-0.05, 0) is 56.9 Å². The number of halogens is 1. The summed E-state index contributed by atoms with van der Waals surface area (Å²) in [5.74, 6) is 1.49. The quantitative estimate of drug-likeness (QED) is 0.652. The largest absolute Gasteiger partial charge is 0.424 e. The molecule has 0 aliphatic carbocycles. The first-order valence-electron chi connectivity index (χ1n) is 8.15. The Bertz CT molecular complexity index is 838. The van der Waals surface area contributed by atoms with Crippen LogP contribution in [0.4, 0.5) is 0 Å². The van der Waals surface area contributed by atoms with Crippen LogP contribution in [0.15, 0.2) is 42.7 Å². The third kappa shape index (κ3) is 4.73. The maximum atomic E-state index is 6.29. The molecule has 0 aliphatic heterocycles. The van der Waals surface area contributed by atoms with Crippen molar-refractivity contribution in [1.82, 2.24) is 19.9 Å². The Labute approximate surface area is 152 Å². The fraction of sp³-hybridized carbons (Fsp3) is 0.263. The summed E-state index contributed by atoms with van der Waals surface area (Å²) in [6, 6.07) is 10.1. The van der Waals surface area contributed by atoms with Crippen molar-refractivity contribution >= 4 is 11.6 Å². The summed E-state index contributed by atoms with van der Waals surface area (Å²) in [6.45, 7) is 3.80. The van der Waals surface area contributed by atoms with Crippen molar-refractivity contribution in [3.05, 3.63) is 70.5 Å². The zero-order valence-corrected chi connectivity index (χ0v) is 15.0. The summed E-state index contributed by atoms with van der Waals surface area (Å²) in [4.78, 5) is 16.8. The first kappa shape index (κ1) is 17.3. The highest BCUT2D eigenvalue weighted by Crippen LogP contribution is 2.21. The lowest BCUT2D eigenvalue weighted by atomic mass is 10.1. The van der Waals surface area contributed by atoms with Gasteiger partial charge in [-0.15, -0.1) is 0 Å². The lowest BCUT2D eigenvalue weighted by Crippen LogP contribution is -2.01. The van der Waals surface area contributed by atoms with Crippen LogP contribution in [-0.4, -0.2) is 19.9 Å². The van der Waals surface area contributed by atoms with Crippen molar-refractivity contribution in [2.75, 3.05) is 0 Å². The zero-order chi connectivity index (χ0) is 17.6. The van der Waals surface area contributed by atoms with E-state index in [0.29, 0.717) is 11.0 Å². The predicted molar refractivity (Wildman–Crippen MR) is 97.1 cm³/mol.